The summed E-state index contributed by atoms with van der Waals surface area (Å²) in [7, 11) is 0.128. The van der Waals surface area contributed by atoms with Crippen molar-refractivity contribution in [3.63, 3.8) is 0 Å². The van der Waals surface area contributed by atoms with Gasteiger partial charge in [-0.05, 0) is 36.5 Å². The zero-order valence-corrected chi connectivity index (χ0v) is 19.0. The van der Waals surface area contributed by atoms with E-state index in [0.717, 1.165) is 80.3 Å². The molecule has 0 rings (SSSR count). The van der Waals surface area contributed by atoms with Crippen molar-refractivity contribution >= 4 is 42.7 Å². The van der Waals surface area contributed by atoms with E-state index in [0.29, 0.717) is 0 Å². The molecular formula is C18H38N2O2S3. The first-order valence-corrected chi connectivity index (χ1v) is 13.4. The number of rotatable bonds is 14. The van der Waals surface area contributed by atoms with Crippen molar-refractivity contribution in [2.45, 2.75) is 79.1 Å². The lowest BCUT2D eigenvalue weighted by molar-refractivity contribution is 0.201. The molecule has 0 radical (unpaired) electrons. The summed E-state index contributed by atoms with van der Waals surface area (Å²) in [6.45, 7) is 10.7. The minimum atomic E-state index is -1.53. The molecule has 1 amide bonds. The van der Waals surface area contributed by atoms with E-state index < -0.39 is 15.3 Å². The van der Waals surface area contributed by atoms with Gasteiger partial charge >= 0.3 is 6.09 Å². The Morgan fingerprint density at radius 3 is 1.76 bits per heavy atom. The maximum absolute atomic E-state index is 11.5. The first-order chi connectivity index (χ1) is 11.9. The van der Waals surface area contributed by atoms with Crippen LogP contribution < -0.4 is 4.72 Å². The van der Waals surface area contributed by atoms with Crippen molar-refractivity contribution in [3.05, 3.63) is 0 Å². The van der Waals surface area contributed by atoms with Gasteiger partial charge in [0, 0.05) is 24.6 Å². The molecule has 0 aromatic heterocycles. The number of unbranched alkanes of at least 4 members (excludes halogenated alkanes) is 4. The Balaban J connectivity index is 5.22. The van der Waals surface area contributed by atoms with Gasteiger partial charge in [-0.3, -0.25) is 4.72 Å². The maximum atomic E-state index is 11.5. The van der Waals surface area contributed by atoms with Gasteiger partial charge in [0.05, 0.1) is 0 Å². The third-order valence-electron chi connectivity index (χ3n) is 3.98. The number of nitrogens with zero attached hydrogens (tertiary/aromatic N) is 1. The molecule has 7 heteroatoms. The van der Waals surface area contributed by atoms with Crippen LogP contribution in [0.4, 0.5) is 4.79 Å². The van der Waals surface area contributed by atoms with Gasteiger partial charge in [0.1, 0.15) is 4.32 Å². The van der Waals surface area contributed by atoms with Crippen LogP contribution in [0.3, 0.4) is 0 Å². The van der Waals surface area contributed by atoms with Crippen LogP contribution in [0, 0.1) is 0 Å². The Morgan fingerprint density at radius 1 is 0.960 bits per heavy atom. The second kappa shape index (κ2) is 15.0. The van der Waals surface area contributed by atoms with Crippen LogP contribution in [-0.4, -0.2) is 45.0 Å². The van der Waals surface area contributed by atoms with E-state index in [1.165, 1.54) is 0 Å². The van der Waals surface area contributed by atoms with E-state index in [4.69, 9.17) is 12.2 Å². The minimum Gasteiger partial charge on any atom is -0.464 e. The molecule has 0 aromatic carbocycles. The number of carboxylic acid groups (broad SMARTS) is 1. The average molecular weight is 411 g/mol. The summed E-state index contributed by atoms with van der Waals surface area (Å²) < 4.78 is 3.80. The monoisotopic (exact) mass is 410 g/mol. The number of amides is 1. The largest absolute Gasteiger partial charge is 0.464 e. The zero-order chi connectivity index (χ0) is 19.1. The van der Waals surface area contributed by atoms with Crippen molar-refractivity contribution in [2.75, 3.05) is 24.6 Å². The molecule has 4 nitrogen and oxygen atoms in total. The first kappa shape index (κ1) is 24.9. The van der Waals surface area contributed by atoms with Gasteiger partial charge in [-0.1, -0.05) is 65.6 Å². The Bertz CT molecular complexity index is 365. The highest BCUT2D eigenvalue weighted by atomic mass is 33.2. The van der Waals surface area contributed by atoms with Gasteiger partial charge in [0.2, 0.25) is 0 Å². The van der Waals surface area contributed by atoms with Crippen molar-refractivity contribution in [3.8, 4) is 0 Å². The molecule has 25 heavy (non-hydrogen) atoms. The summed E-state index contributed by atoms with van der Waals surface area (Å²) in [6, 6.07) is 0. The van der Waals surface area contributed by atoms with Crippen LogP contribution >= 0.6 is 32.3 Å². The lowest BCUT2D eigenvalue weighted by atomic mass is 10.3. The molecule has 0 heterocycles. The van der Waals surface area contributed by atoms with Crippen LogP contribution in [0.1, 0.15) is 79.1 Å². The quantitative estimate of drug-likeness (QED) is 0.256. The van der Waals surface area contributed by atoms with E-state index >= 15 is 0 Å². The zero-order valence-electron chi connectivity index (χ0n) is 16.5. The molecule has 0 aliphatic carbocycles. The third kappa shape index (κ3) is 11.2. The SMILES string of the molecule is CCCCN(CCCC)C(=S)SS(CCCC)(CCCC)NC(=O)O. The molecule has 2 N–H and O–H groups in total. The lowest BCUT2D eigenvalue weighted by Gasteiger charge is -2.40. The summed E-state index contributed by atoms with van der Waals surface area (Å²) >= 11 is 5.78. The second-order valence-corrected chi connectivity index (χ2v) is 12.6. The molecule has 150 valence electrons. The van der Waals surface area contributed by atoms with Gasteiger partial charge < -0.3 is 10.0 Å². The Hall–Kier alpha value is -0.140. The maximum Gasteiger partial charge on any atom is 0.414 e. The highest BCUT2D eigenvalue weighted by molar-refractivity contribution is 8.98. The number of nitrogens with one attached hydrogen (secondary N) is 1. The third-order valence-corrected chi connectivity index (χ3v) is 10.6. The standard InChI is InChI=1S/C18H38N2O2S3/c1-5-9-13-20(14-10-6-2)18(23)24-25(15-11-7-3,16-12-8-4)19-17(21)22/h19H,5-16H2,1-4H3,(H,21,22). The molecule has 0 spiro atoms. The summed E-state index contributed by atoms with van der Waals surface area (Å²) in [6.07, 6.45) is 7.87. The van der Waals surface area contributed by atoms with Gasteiger partial charge in [-0.25, -0.2) is 4.79 Å². The predicted octanol–water partition coefficient (Wildman–Crippen LogP) is 6.41. The molecular weight excluding hydrogens is 372 g/mol. The fourth-order valence-corrected chi connectivity index (χ4v) is 9.45. The van der Waals surface area contributed by atoms with E-state index in [2.05, 4.69) is 37.3 Å². The Kier molecular flexibility index (Phi) is 14.9. The molecule has 0 fully saturated rings. The normalized spacial score (nSPS) is 12.0. The predicted molar refractivity (Wildman–Crippen MR) is 120 cm³/mol. The summed E-state index contributed by atoms with van der Waals surface area (Å²) in [5, 5.41) is 9.42. The fraction of sp³-hybridized carbons (Fsp3) is 0.889. The Labute approximate surface area is 165 Å². The number of carbonyl (C=O) groups is 1. The van der Waals surface area contributed by atoms with E-state index in [1.54, 1.807) is 10.8 Å². The van der Waals surface area contributed by atoms with Gasteiger partial charge in [-0.15, -0.1) is 9.25 Å². The molecule has 0 saturated heterocycles. The number of hydrogen-bond acceptors (Lipinski definition) is 3. The molecule has 0 aromatic rings. The smallest absolute Gasteiger partial charge is 0.414 e. The van der Waals surface area contributed by atoms with E-state index in [-0.39, 0.29) is 0 Å². The highest BCUT2D eigenvalue weighted by Gasteiger charge is 2.29. The minimum absolute atomic E-state index is 0.887. The highest BCUT2D eigenvalue weighted by Crippen LogP contribution is 2.58. The van der Waals surface area contributed by atoms with Crippen LogP contribution in [0.2, 0.25) is 0 Å². The molecule has 0 unspecified atom stereocenters. The number of thiocarbonyl (C=S) groups is 1. The van der Waals surface area contributed by atoms with Crippen molar-refractivity contribution < 1.29 is 9.90 Å². The van der Waals surface area contributed by atoms with E-state index in [9.17, 15) is 9.90 Å². The average Bonchev–Trinajstić information content (AvgIpc) is 2.57. The first-order valence-electron chi connectivity index (χ1n) is 9.72. The Morgan fingerprint density at radius 2 is 1.40 bits per heavy atom. The van der Waals surface area contributed by atoms with Gasteiger partial charge in [0.15, 0.2) is 0 Å². The topological polar surface area (TPSA) is 52.6 Å². The van der Waals surface area contributed by atoms with Crippen LogP contribution in [-0.2, 0) is 0 Å². The molecule has 0 saturated carbocycles. The van der Waals surface area contributed by atoms with Crippen molar-refractivity contribution in [2.24, 2.45) is 0 Å². The number of hydrogen-bond donors (Lipinski definition) is 2. The summed E-state index contributed by atoms with van der Waals surface area (Å²) in [5.74, 6) is 1.83. The molecule has 0 aliphatic rings. The summed E-state index contributed by atoms with van der Waals surface area (Å²) in [4.78, 5) is 13.8. The second-order valence-electron chi connectivity index (χ2n) is 6.38. The van der Waals surface area contributed by atoms with Gasteiger partial charge in [-0.2, -0.15) is 0 Å². The van der Waals surface area contributed by atoms with Crippen molar-refractivity contribution in [1.29, 1.82) is 0 Å². The van der Waals surface area contributed by atoms with Gasteiger partial charge in [0.25, 0.3) is 0 Å². The van der Waals surface area contributed by atoms with Crippen LogP contribution in [0.5, 0.6) is 0 Å². The summed E-state index contributed by atoms with van der Waals surface area (Å²) in [5.41, 5.74) is 0. The molecule has 0 atom stereocenters. The lowest BCUT2D eigenvalue weighted by Crippen LogP contribution is -2.34. The molecule has 0 bridgehead atoms. The fourth-order valence-electron chi connectivity index (χ4n) is 2.40. The molecule has 0 aliphatic heterocycles. The van der Waals surface area contributed by atoms with Crippen LogP contribution in [0.15, 0.2) is 0 Å². The van der Waals surface area contributed by atoms with Crippen molar-refractivity contribution in [1.82, 2.24) is 9.62 Å². The van der Waals surface area contributed by atoms with E-state index in [1.807, 2.05) is 0 Å². The van der Waals surface area contributed by atoms with Crippen LogP contribution in [0.25, 0.3) is 0 Å².